The summed E-state index contributed by atoms with van der Waals surface area (Å²) in [6, 6.07) is 9.66. The fraction of sp³-hybridized carbons (Fsp3) is 0.556. The smallest absolute Gasteiger partial charge is 0.410 e. The first-order chi connectivity index (χ1) is 11.5. The number of likely N-dealkylation sites (tertiary alicyclic amines) is 1. The van der Waals surface area contributed by atoms with Gasteiger partial charge in [-0.05, 0) is 32.3 Å². The van der Waals surface area contributed by atoms with E-state index < -0.39 is 0 Å². The van der Waals surface area contributed by atoms with E-state index in [0.717, 1.165) is 18.4 Å². The number of hydrogen-bond acceptors (Lipinski definition) is 4. The first kappa shape index (κ1) is 18.3. The topological polar surface area (TPSA) is 75.9 Å². The fourth-order valence-corrected chi connectivity index (χ4v) is 3.18. The molecule has 1 saturated heterocycles. The molecule has 1 atom stereocenters. The molecule has 1 fully saturated rings. The van der Waals surface area contributed by atoms with Crippen LogP contribution in [0.25, 0.3) is 0 Å². The van der Waals surface area contributed by atoms with Crippen LogP contribution in [0, 0.1) is 0 Å². The van der Waals surface area contributed by atoms with Gasteiger partial charge in [-0.1, -0.05) is 30.3 Å². The summed E-state index contributed by atoms with van der Waals surface area (Å²) >= 11 is 0. The quantitative estimate of drug-likeness (QED) is 0.894. The highest BCUT2D eigenvalue weighted by Crippen LogP contribution is 2.19. The Kier molecular flexibility index (Phi) is 6.61. The summed E-state index contributed by atoms with van der Waals surface area (Å²) in [6.07, 6.45) is 1.41. The van der Waals surface area contributed by atoms with Crippen molar-refractivity contribution in [1.82, 2.24) is 9.80 Å². The summed E-state index contributed by atoms with van der Waals surface area (Å²) in [5, 5.41) is 0. The summed E-state index contributed by atoms with van der Waals surface area (Å²) in [5.74, 6) is -0.0745. The van der Waals surface area contributed by atoms with E-state index in [1.165, 1.54) is 0 Å². The van der Waals surface area contributed by atoms with Crippen LogP contribution >= 0.6 is 0 Å². The van der Waals surface area contributed by atoms with E-state index in [1.807, 2.05) is 44.2 Å². The molecule has 1 aliphatic heterocycles. The molecule has 24 heavy (non-hydrogen) atoms. The molecule has 1 aromatic rings. The molecule has 0 spiro atoms. The highest BCUT2D eigenvalue weighted by atomic mass is 16.6. The third-order valence-electron chi connectivity index (χ3n) is 4.27. The molecule has 2 rings (SSSR count). The zero-order valence-electron chi connectivity index (χ0n) is 14.5. The van der Waals surface area contributed by atoms with Crippen molar-refractivity contribution in [2.24, 2.45) is 5.73 Å². The van der Waals surface area contributed by atoms with Crippen LogP contribution in [0.4, 0.5) is 4.79 Å². The zero-order chi connectivity index (χ0) is 17.5. The number of carbonyl (C=O) groups excluding carboxylic acids is 2. The van der Waals surface area contributed by atoms with Crippen LogP contribution in [0.3, 0.4) is 0 Å². The number of piperidine rings is 1. The Morgan fingerprint density at radius 1 is 1.33 bits per heavy atom. The Morgan fingerprint density at radius 2 is 2.04 bits per heavy atom. The predicted molar refractivity (Wildman–Crippen MR) is 92.3 cm³/mol. The lowest BCUT2D eigenvalue weighted by Crippen LogP contribution is -2.55. The van der Waals surface area contributed by atoms with Gasteiger partial charge in [0.2, 0.25) is 5.91 Å². The summed E-state index contributed by atoms with van der Waals surface area (Å²) in [4.78, 5) is 27.9. The highest BCUT2D eigenvalue weighted by Gasteiger charge is 2.32. The number of ether oxygens (including phenoxy) is 1. The number of carbonyl (C=O) groups is 2. The van der Waals surface area contributed by atoms with E-state index in [0.29, 0.717) is 13.1 Å². The monoisotopic (exact) mass is 333 g/mol. The van der Waals surface area contributed by atoms with E-state index in [1.54, 1.807) is 9.80 Å². The molecule has 0 aliphatic carbocycles. The third-order valence-corrected chi connectivity index (χ3v) is 4.27. The van der Waals surface area contributed by atoms with Crippen molar-refractivity contribution in [3.05, 3.63) is 35.9 Å². The lowest BCUT2D eigenvalue weighted by Gasteiger charge is -2.40. The number of nitrogens with two attached hydrogens (primary N) is 1. The van der Waals surface area contributed by atoms with Crippen molar-refractivity contribution in [1.29, 1.82) is 0 Å². The van der Waals surface area contributed by atoms with Gasteiger partial charge in [0, 0.05) is 25.2 Å². The van der Waals surface area contributed by atoms with Crippen LogP contribution in [0.5, 0.6) is 0 Å². The molecule has 6 nitrogen and oxygen atoms in total. The molecule has 1 heterocycles. The summed E-state index contributed by atoms with van der Waals surface area (Å²) in [7, 11) is 0. The Bertz CT molecular complexity index is 548. The van der Waals surface area contributed by atoms with Crippen LogP contribution in [0.1, 0.15) is 32.3 Å². The van der Waals surface area contributed by atoms with E-state index in [9.17, 15) is 9.59 Å². The number of hydrogen-bond donors (Lipinski definition) is 1. The molecule has 2 N–H and O–H groups in total. The van der Waals surface area contributed by atoms with Gasteiger partial charge >= 0.3 is 6.09 Å². The third kappa shape index (κ3) is 4.71. The van der Waals surface area contributed by atoms with Gasteiger partial charge in [0.15, 0.2) is 0 Å². The molecule has 1 aromatic carbocycles. The first-order valence-electron chi connectivity index (χ1n) is 8.49. The SMILES string of the molecule is CC(C)N(C(=O)CN)C1CCCN(C(=O)OCc2ccccc2)C1. The molecule has 6 heteroatoms. The van der Waals surface area contributed by atoms with Crippen molar-refractivity contribution >= 4 is 12.0 Å². The Morgan fingerprint density at radius 3 is 2.67 bits per heavy atom. The molecular formula is C18H27N3O3. The second kappa shape index (κ2) is 8.68. The van der Waals surface area contributed by atoms with E-state index in [4.69, 9.17) is 10.5 Å². The molecule has 0 bridgehead atoms. The average molecular weight is 333 g/mol. The van der Waals surface area contributed by atoms with Crippen molar-refractivity contribution in [3.63, 3.8) is 0 Å². The van der Waals surface area contributed by atoms with Gasteiger partial charge in [-0.3, -0.25) is 4.79 Å². The van der Waals surface area contributed by atoms with Gasteiger partial charge < -0.3 is 20.3 Å². The van der Waals surface area contributed by atoms with Crippen LogP contribution in [-0.2, 0) is 16.1 Å². The maximum Gasteiger partial charge on any atom is 0.410 e. The summed E-state index contributed by atoms with van der Waals surface area (Å²) in [6.45, 7) is 5.36. The predicted octanol–water partition coefficient (Wildman–Crippen LogP) is 1.98. The van der Waals surface area contributed by atoms with Crippen molar-refractivity contribution in [3.8, 4) is 0 Å². The van der Waals surface area contributed by atoms with Crippen LogP contribution in [0.2, 0.25) is 0 Å². The van der Waals surface area contributed by atoms with Gasteiger partial charge in [0.25, 0.3) is 0 Å². The van der Waals surface area contributed by atoms with Crippen molar-refractivity contribution in [2.75, 3.05) is 19.6 Å². The molecule has 2 amide bonds. The van der Waals surface area contributed by atoms with Crippen LogP contribution in [0.15, 0.2) is 30.3 Å². The minimum Gasteiger partial charge on any atom is -0.445 e. The second-order valence-corrected chi connectivity index (χ2v) is 6.38. The number of benzene rings is 1. The Labute approximate surface area is 143 Å². The Hall–Kier alpha value is -2.08. The molecule has 1 aliphatic rings. The lowest BCUT2D eigenvalue weighted by atomic mass is 10.0. The molecule has 0 radical (unpaired) electrons. The van der Waals surface area contributed by atoms with Gasteiger partial charge in [-0.15, -0.1) is 0 Å². The van der Waals surface area contributed by atoms with E-state index in [2.05, 4.69) is 0 Å². The normalized spacial score (nSPS) is 17.7. The fourth-order valence-electron chi connectivity index (χ4n) is 3.18. The van der Waals surface area contributed by atoms with Crippen molar-refractivity contribution < 1.29 is 14.3 Å². The lowest BCUT2D eigenvalue weighted by molar-refractivity contribution is -0.135. The zero-order valence-corrected chi connectivity index (χ0v) is 14.5. The number of rotatable bonds is 5. The van der Waals surface area contributed by atoms with E-state index in [-0.39, 0.29) is 37.2 Å². The van der Waals surface area contributed by atoms with Gasteiger partial charge in [0.1, 0.15) is 6.61 Å². The maximum atomic E-state index is 12.3. The van der Waals surface area contributed by atoms with Crippen molar-refractivity contribution in [2.45, 2.75) is 45.4 Å². The minimum atomic E-state index is -0.326. The highest BCUT2D eigenvalue weighted by molar-refractivity contribution is 5.78. The average Bonchev–Trinajstić information content (AvgIpc) is 2.60. The molecule has 0 saturated carbocycles. The minimum absolute atomic E-state index is 0.000856. The van der Waals surface area contributed by atoms with Crippen LogP contribution in [-0.4, -0.2) is 53.5 Å². The number of amides is 2. The van der Waals surface area contributed by atoms with Gasteiger partial charge in [-0.2, -0.15) is 0 Å². The molecule has 1 unspecified atom stereocenters. The molecule has 132 valence electrons. The Balaban J connectivity index is 1.94. The van der Waals surface area contributed by atoms with Gasteiger partial charge in [0.05, 0.1) is 6.54 Å². The number of nitrogens with zero attached hydrogens (tertiary/aromatic N) is 2. The summed E-state index contributed by atoms with van der Waals surface area (Å²) in [5.41, 5.74) is 6.49. The second-order valence-electron chi connectivity index (χ2n) is 6.38. The first-order valence-corrected chi connectivity index (χ1v) is 8.49. The summed E-state index contributed by atoms with van der Waals surface area (Å²) < 4.78 is 5.40. The van der Waals surface area contributed by atoms with Gasteiger partial charge in [-0.25, -0.2) is 4.79 Å². The maximum absolute atomic E-state index is 12.3. The van der Waals surface area contributed by atoms with Crippen LogP contribution < -0.4 is 5.73 Å². The standard InChI is InChI=1S/C18H27N3O3/c1-14(2)21(17(22)11-19)16-9-6-10-20(12-16)18(23)24-13-15-7-4-3-5-8-15/h3-5,7-8,14,16H,6,9-13,19H2,1-2H3. The largest absolute Gasteiger partial charge is 0.445 e. The van der Waals surface area contributed by atoms with E-state index >= 15 is 0 Å². The molecular weight excluding hydrogens is 306 g/mol. The molecule has 0 aromatic heterocycles.